The number of esters is 1. The van der Waals surface area contributed by atoms with Gasteiger partial charge >= 0.3 is 5.97 Å². The first-order chi connectivity index (χ1) is 9.20. The molecule has 0 spiro atoms. The van der Waals surface area contributed by atoms with E-state index in [1.165, 1.54) is 0 Å². The fourth-order valence-corrected chi connectivity index (χ4v) is 1.75. The van der Waals surface area contributed by atoms with Crippen LogP contribution in [0.25, 0.3) is 0 Å². The van der Waals surface area contributed by atoms with Crippen molar-refractivity contribution in [1.82, 2.24) is 0 Å². The molecule has 0 saturated heterocycles. The summed E-state index contributed by atoms with van der Waals surface area (Å²) in [7, 11) is 1.58. The first-order valence-corrected chi connectivity index (χ1v) is 6.11. The van der Waals surface area contributed by atoms with Gasteiger partial charge in [-0.25, -0.2) is 0 Å². The van der Waals surface area contributed by atoms with Crippen molar-refractivity contribution in [3.63, 3.8) is 0 Å². The molecule has 0 radical (unpaired) electrons. The molecule has 98 valence electrons. The molecule has 0 N–H and O–H groups in total. The van der Waals surface area contributed by atoms with Crippen molar-refractivity contribution in [2.24, 2.45) is 0 Å². The third-order valence-corrected chi connectivity index (χ3v) is 2.91. The Balaban J connectivity index is 2.08. The third kappa shape index (κ3) is 3.35. The summed E-state index contributed by atoms with van der Waals surface area (Å²) in [5.41, 5.74) is 0.940. The van der Waals surface area contributed by atoms with Crippen LogP contribution < -0.4 is 9.47 Å². The summed E-state index contributed by atoms with van der Waals surface area (Å²) in [6.45, 7) is 1.83. The molecular formula is C16H16O3. The molecule has 0 saturated carbocycles. The van der Waals surface area contributed by atoms with Crippen molar-refractivity contribution in [3.8, 4) is 11.5 Å². The van der Waals surface area contributed by atoms with Crippen LogP contribution in [0.5, 0.6) is 11.5 Å². The van der Waals surface area contributed by atoms with Gasteiger partial charge in [0.05, 0.1) is 13.0 Å². The number of rotatable bonds is 4. The summed E-state index contributed by atoms with van der Waals surface area (Å²) in [5, 5.41) is 0. The highest BCUT2D eigenvalue weighted by Crippen LogP contribution is 2.22. The van der Waals surface area contributed by atoms with Gasteiger partial charge in [0.2, 0.25) is 0 Å². The van der Waals surface area contributed by atoms with Crippen LogP contribution in [0.15, 0.2) is 54.6 Å². The third-order valence-electron chi connectivity index (χ3n) is 2.91. The van der Waals surface area contributed by atoms with Crippen LogP contribution in [0.1, 0.15) is 18.4 Å². The molecule has 1 atom stereocenters. The maximum Gasteiger partial charge on any atom is 0.318 e. The second-order valence-electron chi connectivity index (χ2n) is 4.23. The highest BCUT2D eigenvalue weighted by atomic mass is 16.5. The standard InChI is InChI=1S/C16H16O3/c1-12(13-7-4-3-5-8-13)16(17)19-15-10-6-9-14(11-15)18-2/h3-12H,1-2H3/t12-/m0/s1. The Morgan fingerprint density at radius 2 is 1.68 bits per heavy atom. The van der Waals surface area contributed by atoms with Gasteiger partial charge in [-0.3, -0.25) is 4.79 Å². The molecule has 3 heteroatoms. The Hall–Kier alpha value is -2.29. The van der Waals surface area contributed by atoms with Crippen molar-refractivity contribution in [2.45, 2.75) is 12.8 Å². The number of hydrogen-bond donors (Lipinski definition) is 0. The summed E-state index contributed by atoms with van der Waals surface area (Å²) in [6.07, 6.45) is 0. The van der Waals surface area contributed by atoms with Crippen LogP contribution in [-0.2, 0) is 4.79 Å². The molecule has 0 aromatic heterocycles. The summed E-state index contributed by atoms with van der Waals surface area (Å²) >= 11 is 0. The Morgan fingerprint density at radius 1 is 1.00 bits per heavy atom. The predicted molar refractivity (Wildman–Crippen MR) is 73.5 cm³/mol. The molecule has 0 unspecified atom stereocenters. The zero-order valence-electron chi connectivity index (χ0n) is 11.0. The zero-order chi connectivity index (χ0) is 13.7. The first kappa shape index (κ1) is 13.1. The van der Waals surface area contributed by atoms with E-state index < -0.39 is 0 Å². The molecule has 2 aromatic carbocycles. The van der Waals surface area contributed by atoms with Crippen LogP contribution in [0.2, 0.25) is 0 Å². The van der Waals surface area contributed by atoms with Crippen LogP contribution in [0, 0.1) is 0 Å². The summed E-state index contributed by atoms with van der Waals surface area (Å²) < 4.78 is 10.4. The van der Waals surface area contributed by atoms with Gasteiger partial charge in [-0.15, -0.1) is 0 Å². The van der Waals surface area contributed by atoms with Crippen molar-refractivity contribution >= 4 is 5.97 Å². The van der Waals surface area contributed by atoms with Gasteiger partial charge in [0.25, 0.3) is 0 Å². The lowest BCUT2D eigenvalue weighted by Crippen LogP contribution is -2.16. The summed E-state index contributed by atoms with van der Waals surface area (Å²) in [4.78, 5) is 12.0. The van der Waals surface area contributed by atoms with E-state index in [2.05, 4.69) is 0 Å². The second kappa shape index (κ2) is 6.05. The van der Waals surface area contributed by atoms with Crippen LogP contribution in [-0.4, -0.2) is 13.1 Å². The molecule has 0 amide bonds. The lowest BCUT2D eigenvalue weighted by atomic mass is 10.0. The molecule has 0 aliphatic rings. The molecule has 0 aliphatic heterocycles. The molecule has 2 rings (SSSR count). The molecule has 0 bridgehead atoms. The largest absolute Gasteiger partial charge is 0.497 e. The predicted octanol–water partition coefficient (Wildman–Crippen LogP) is 3.40. The van der Waals surface area contributed by atoms with Gasteiger partial charge in [-0.05, 0) is 24.6 Å². The van der Waals surface area contributed by atoms with Gasteiger partial charge in [-0.1, -0.05) is 36.4 Å². The lowest BCUT2D eigenvalue weighted by molar-refractivity contribution is -0.135. The Kier molecular flexibility index (Phi) is 4.18. The van der Waals surface area contributed by atoms with Crippen molar-refractivity contribution < 1.29 is 14.3 Å². The Bertz CT molecular complexity index is 549. The molecule has 0 fully saturated rings. The molecule has 2 aromatic rings. The smallest absolute Gasteiger partial charge is 0.318 e. The number of ether oxygens (including phenoxy) is 2. The summed E-state index contributed by atoms with van der Waals surface area (Å²) in [5.74, 6) is 0.580. The SMILES string of the molecule is COc1cccc(OC(=O)[C@@H](C)c2ccccc2)c1. The molecule has 3 nitrogen and oxygen atoms in total. The molecular weight excluding hydrogens is 240 g/mol. The van der Waals surface area contributed by atoms with E-state index in [1.807, 2.05) is 37.3 Å². The maximum atomic E-state index is 12.0. The number of carbonyl (C=O) groups is 1. The van der Waals surface area contributed by atoms with Crippen molar-refractivity contribution in [3.05, 3.63) is 60.2 Å². The van der Waals surface area contributed by atoms with E-state index >= 15 is 0 Å². The van der Waals surface area contributed by atoms with Crippen molar-refractivity contribution in [1.29, 1.82) is 0 Å². The molecule has 19 heavy (non-hydrogen) atoms. The first-order valence-electron chi connectivity index (χ1n) is 6.11. The number of methoxy groups -OCH3 is 1. The van der Waals surface area contributed by atoms with E-state index in [4.69, 9.17) is 9.47 Å². The van der Waals surface area contributed by atoms with Gasteiger partial charge in [0, 0.05) is 6.07 Å². The Morgan fingerprint density at radius 3 is 2.37 bits per heavy atom. The minimum Gasteiger partial charge on any atom is -0.497 e. The fraction of sp³-hybridized carbons (Fsp3) is 0.188. The zero-order valence-corrected chi connectivity index (χ0v) is 11.0. The summed E-state index contributed by atoms with van der Waals surface area (Å²) in [6, 6.07) is 16.6. The second-order valence-corrected chi connectivity index (χ2v) is 4.23. The van der Waals surface area contributed by atoms with Gasteiger partial charge < -0.3 is 9.47 Å². The maximum absolute atomic E-state index is 12.0. The molecule has 0 aliphatic carbocycles. The Labute approximate surface area is 112 Å². The van der Waals surface area contributed by atoms with Crippen LogP contribution in [0.3, 0.4) is 0 Å². The lowest BCUT2D eigenvalue weighted by Gasteiger charge is -2.12. The van der Waals surface area contributed by atoms with Gasteiger partial charge in [0.15, 0.2) is 0 Å². The quantitative estimate of drug-likeness (QED) is 0.621. The van der Waals surface area contributed by atoms with E-state index in [0.29, 0.717) is 11.5 Å². The highest BCUT2D eigenvalue weighted by molar-refractivity contribution is 5.79. The van der Waals surface area contributed by atoms with Crippen LogP contribution >= 0.6 is 0 Å². The van der Waals surface area contributed by atoms with E-state index in [1.54, 1.807) is 31.4 Å². The van der Waals surface area contributed by atoms with E-state index in [9.17, 15) is 4.79 Å². The molecule has 0 heterocycles. The van der Waals surface area contributed by atoms with Crippen molar-refractivity contribution in [2.75, 3.05) is 7.11 Å². The van der Waals surface area contributed by atoms with Gasteiger partial charge in [0.1, 0.15) is 11.5 Å². The van der Waals surface area contributed by atoms with Crippen LogP contribution in [0.4, 0.5) is 0 Å². The monoisotopic (exact) mass is 256 g/mol. The average Bonchev–Trinajstić information content (AvgIpc) is 2.47. The normalized spacial score (nSPS) is 11.7. The minimum absolute atomic E-state index is 0.278. The number of benzene rings is 2. The number of hydrogen-bond acceptors (Lipinski definition) is 3. The fourth-order valence-electron chi connectivity index (χ4n) is 1.75. The van der Waals surface area contributed by atoms with Gasteiger partial charge in [-0.2, -0.15) is 0 Å². The minimum atomic E-state index is -0.299. The topological polar surface area (TPSA) is 35.5 Å². The van der Waals surface area contributed by atoms with E-state index in [-0.39, 0.29) is 11.9 Å². The average molecular weight is 256 g/mol. The number of carbonyl (C=O) groups excluding carboxylic acids is 1. The highest BCUT2D eigenvalue weighted by Gasteiger charge is 2.17. The van der Waals surface area contributed by atoms with E-state index in [0.717, 1.165) is 5.56 Å².